The summed E-state index contributed by atoms with van der Waals surface area (Å²) in [5, 5.41) is 10.6. The van der Waals surface area contributed by atoms with Crippen LogP contribution in [0.15, 0.2) is 22.7 Å². The zero-order chi connectivity index (χ0) is 13.5. The van der Waals surface area contributed by atoms with Gasteiger partial charge in [0.15, 0.2) is 5.76 Å². The van der Waals surface area contributed by atoms with Gasteiger partial charge in [0.2, 0.25) is 0 Å². The maximum absolute atomic E-state index is 5.63. The summed E-state index contributed by atoms with van der Waals surface area (Å²) in [4.78, 5) is 0. The van der Waals surface area contributed by atoms with Crippen molar-refractivity contribution in [3.05, 3.63) is 29.7 Å². The number of aromatic nitrogens is 2. The summed E-state index contributed by atoms with van der Waals surface area (Å²) in [6.07, 6.45) is 6.50. The summed E-state index contributed by atoms with van der Waals surface area (Å²) in [5.74, 6) is 3.01. The average molecular weight is 279 g/mol. The van der Waals surface area contributed by atoms with E-state index < -0.39 is 0 Å². The quantitative estimate of drug-likeness (QED) is 0.729. The van der Waals surface area contributed by atoms with Crippen LogP contribution in [0.5, 0.6) is 0 Å². The average Bonchev–Trinajstić information content (AvgIpc) is 3.02. The number of aromatic amines is 1. The minimum Gasteiger partial charge on any atom is -0.460 e. The van der Waals surface area contributed by atoms with Crippen molar-refractivity contribution in [3.63, 3.8) is 0 Å². The minimum atomic E-state index is 0.824. The highest BCUT2D eigenvalue weighted by atomic mass is 32.2. The second kappa shape index (κ2) is 7.40. The van der Waals surface area contributed by atoms with Gasteiger partial charge in [0.25, 0.3) is 0 Å². The van der Waals surface area contributed by atoms with Crippen molar-refractivity contribution in [1.29, 1.82) is 0 Å². The monoisotopic (exact) mass is 279 g/mol. The molecule has 0 bridgehead atoms. The van der Waals surface area contributed by atoms with Crippen LogP contribution in [0, 0.1) is 6.92 Å². The van der Waals surface area contributed by atoms with Gasteiger partial charge in [-0.1, -0.05) is 0 Å². The molecule has 2 aromatic rings. The first kappa shape index (κ1) is 14.2. The van der Waals surface area contributed by atoms with Gasteiger partial charge in [-0.3, -0.25) is 5.10 Å². The van der Waals surface area contributed by atoms with Gasteiger partial charge in [0, 0.05) is 12.1 Å². The van der Waals surface area contributed by atoms with Crippen molar-refractivity contribution >= 4 is 11.8 Å². The van der Waals surface area contributed by atoms with Crippen molar-refractivity contribution in [2.75, 3.05) is 18.6 Å². The smallest absolute Gasteiger partial charge is 0.152 e. The van der Waals surface area contributed by atoms with Gasteiger partial charge >= 0.3 is 0 Å². The van der Waals surface area contributed by atoms with Gasteiger partial charge in [-0.05, 0) is 50.5 Å². The fourth-order valence-electron chi connectivity index (χ4n) is 1.95. The zero-order valence-electron chi connectivity index (χ0n) is 11.5. The predicted octanol–water partition coefficient (Wildman–Crippen LogP) is 3.21. The molecule has 0 saturated carbocycles. The molecular weight excluding hydrogens is 258 g/mol. The molecule has 0 unspecified atom stereocenters. The Morgan fingerprint density at radius 3 is 3.00 bits per heavy atom. The summed E-state index contributed by atoms with van der Waals surface area (Å²) in [6.45, 7) is 3.82. The first-order chi connectivity index (χ1) is 9.31. The van der Waals surface area contributed by atoms with E-state index in [4.69, 9.17) is 4.42 Å². The third-order valence-electron chi connectivity index (χ3n) is 2.97. The lowest BCUT2D eigenvalue weighted by atomic mass is 10.2. The molecule has 2 rings (SSSR count). The largest absolute Gasteiger partial charge is 0.460 e. The summed E-state index contributed by atoms with van der Waals surface area (Å²) in [5.41, 5.74) is 2.13. The molecule has 0 aliphatic carbocycles. The van der Waals surface area contributed by atoms with Gasteiger partial charge in [-0.25, -0.2) is 0 Å². The van der Waals surface area contributed by atoms with E-state index >= 15 is 0 Å². The summed E-state index contributed by atoms with van der Waals surface area (Å²) in [7, 11) is 0. The minimum absolute atomic E-state index is 0.824. The molecule has 2 N–H and O–H groups in total. The number of rotatable bonds is 8. The van der Waals surface area contributed by atoms with Crippen molar-refractivity contribution in [2.24, 2.45) is 0 Å². The van der Waals surface area contributed by atoms with Crippen LogP contribution < -0.4 is 5.32 Å². The van der Waals surface area contributed by atoms with E-state index in [2.05, 4.69) is 21.8 Å². The molecule has 4 nitrogen and oxygen atoms in total. The molecule has 19 heavy (non-hydrogen) atoms. The van der Waals surface area contributed by atoms with Crippen molar-refractivity contribution in [3.8, 4) is 11.5 Å². The predicted molar refractivity (Wildman–Crippen MR) is 80.3 cm³/mol. The number of nitrogens with zero attached hydrogens (tertiary/aromatic N) is 1. The summed E-state index contributed by atoms with van der Waals surface area (Å²) < 4.78 is 5.63. The lowest BCUT2D eigenvalue weighted by Crippen LogP contribution is -2.14. The molecule has 2 aromatic heterocycles. The molecular formula is C14H21N3OS. The molecule has 0 aliphatic rings. The fraction of sp³-hybridized carbons (Fsp3) is 0.500. The molecule has 0 fully saturated rings. The number of nitrogens with one attached hydrogen (secondary N) is 2. The maximum atomic E-state index is 5.63. The van der Waals surface area contributed by atoms with Gasteiger partial charge in [0.1, 0.15) is 11.5 Å². The van der Waals surface area contributed by atoms with Crippen LogP contribution in [-0.4, -0.2) is 28.8 Å². The molecule has 0 amide bonds. The molecule has 0 aromatic carbocycles. The number of hydrogen-bond donors (Lipinski definition) is 2. The number of furan rings is 1. The normalized spacial score (nSPS) is 11.1. The molecule has 0 spiro atoms. The van der Waals surface area contributed by atoms with Crippen LogP contribution >= 0.6 is 11.8 Å². The Bertz CT molecular complexity index is 492. The van der Waals surface area contributed by atoms with Gasteiger partial charge < -0.3 is 9.73 Å². The topological polar surface area (TPSA) is 53.9 Å². The number of H-pyrrole nitrogens is 1. The molecule has 0 atom stereocenters. The van der Waals surface area contributed by atoms with Crippen LogP contribution in [0.1, 0.15) is 24.2 Å². The second-order valence-electron chi connectivity index (χ2n) is 4.56. The lowest BCUT2D eigenvalue weighted by molar-refractivity contribution is 0.545. The van der Waals surface area contributed by atoms with E-state index in [1.54, 1.807) is 0 Å². The SMILES string of the molecule is CSCCCCNCc1cn[nH]c1-c1ccc(C)o1. The number of unbranched alkanes of at least 4 members (excludes halogenated alkanes) is 1. The Kier molecular flexibility index (Phi) is 5.54. The first-order valence-electron chi connectivity index (χ1n) is 6.60. The van der Waals surface area contributed by atoms with E-state index in [1.807, 2.05) is 37.0 Å². The van der Waals surface area contributed by atoms with E-state index in [0.29, 0.717) is 0 Å². The van der Waals surface area contributed by atoms with Gasteiger partial charge in [-0.2, -0.15) is 16.9 Å². The van der Waals surface area contributed by atoms with Crippen molar-refractivity contribution in [2.45, 2.75) is 26.3 Å². The Hall–Kier alpha value is -1.20. The Balaban J connectivity index is 1.83. The summed E-state index contributed by atoms with van der Waals surface area (Å²) >= 11 is 1.90. The van der Waals surface area contributed by atoms with Crippen molar-refractivity contribution in [1.82, 2.24) is 15.5 Å². The van der Waals surface area contributed by atoms with Crippen LogP contribution in [0.2, 0.25) is 0 Å². The van der Waals surface area contributed by atoms with Gasteiger partial charge in [0.05, 0.1) is 6.20 Å². The molecule has 0 radical (unpaired) electrons. The van der Waals surface area contributed by atoms with Crippen LogP contribution in [-0.2, 0) is 6.54 Å². The standard InChI is InChI=1S/C14H21N3OS/c1-11-5-6-13(18-11)14-12(10-16-17-14)9-15-7-3-4-8-19-2/h5-6,10,15H,3-4,7-9H2,1-2H3,(H,16,17). The Labute approximate surface area is 118 Å². The highest BCUT2D eigenvalue weighted by Crippen LogP contribution is 2.23. The second-order valence-corrected chi connectivity index (χ2v) is 5.54. The first-order valence-corrected chi connectivity index (χ1v) is 7.99. The number of hydrogen-bond acceptors (Lipinski definition) is 4. The van der Waals surface area contributed by atoms with E-state index in [9.17, 15) is 0 Å². The van der Waals surface area contributed by atoms with Crippen LogP contribution in [0.4, 0.5) is 0 Å². The molecule has 0 saturated heterocycles. The van der Waals surface area contributed by atoms with Crippen LogP contribution in [0.25, 0.3) is 11.5 Å². The van der Waals surface area contributed by atoms with E-state index in [0.717, 1.165) is 35.9 Å². The highest BCUT2D eigenvalue weighted by molar-refractivity contribution is 7.98. The van der Waals surface area contributed by atoms with Gasteiger partial charge in [-0.15, -0.1) is 0 Å². The lowest BCUT2D eigenvalue weighted by Gasteiger charge is -2.04. The van der Waals surface area contributed by atoms with E-state index in [1.165, 1.54) is 18.6 Å². The fourth-order valence-corrected chi connectivity index (χ4v) is 2.44. The molecule has 104 valence electrons. The van der Waals surface area contributed by atoms with Crippen molar-refractivity contribution < 1.29 is 4.42 Å². The third-order valence-corrected chi connectivity index (χ3v) is 3.67. The Morgan fingerprint density at radius 2 is 2.26 bits per heavy atom. The number of aryl methyl sites for hydroxylation is 1. The highest BCUT2D eigenvalue weighted by Gasteiger charge is 2.10. The van der Waals surface area contributed by atoms with E-state index in [-0.39, 0.29) is 0 Å². The van der Waals surface area contributed by atoms with Crippen LogP contribution in [0.3, 0.4) is 0 Å². The number of thioether (sulfide) groups is 1. The summed E-state index contributed by atoms with van der Waals surface area (Å²) in [6, 6.07) is 3.95. The molecule has 2 heterocycles. The maximum Gasteiger partial charge on any atom is 0.152 e. The third kappa shape index (κ3) is 4.14. The molecule has 0 aliphatic heterocycles. The molecule has 5 heteroatoms. The zero-order valence-corrected chi connectivity index (χ0v) is 12.3. The Morgan fingerprint density at radius 1 is 1.37 bits per heavy atom.